The lowest BCUT2D eigenvalue weighted by atomic mass is 10.2. The second kappa shape index (κ2) is 9.73. The van der Waals surface area contributed by atoms with E-state index in [-0.39, 0.29) is 5.82 Å². The average Bonchev–Trinajstić information content (AvgIpc) is 2.85. The summed E-state index contributed by atoms with van der Waals surface area (Å²) in [5.41, 5.74) is 3.05. The van der Waals surface area contributed by atoms with Crippen LogP contribution < -0.4 is 10.2 Å². The van der Waals surface area contributed by atoms with Crippen molar-refractivity contribution < 1.29 is 4.39 Å². The third-order valence-corrected chi connectivity index (χ3v) is 6.34. The zero-order valence-corrected chi connectivity index (χ0v) is 19.0. The molecular weight excluding hydrogens is 437 g/mol. The molecule has 7 heteroatoms. The van der Waals surface area contributed by atoms with Crippen LogP contribution in [0.4, 0.5) is 16.2 Å². The molecule has 1 N–H and O–H groups in total. The Bertz CT molecular complexity index is 1240. The van der Waals surface area contributed by atoms with Crippen molar-refractivity contribution in [3.8, 4) is 0 Å². The van der Waals surface area contributed by atoms with Crippen molar-refractivity contribution in [2.75, 3.05) is 36.4 Å². The molecule has 3 aromatic carbocycles. The van der Waals surface area contributed by atoms with E-state index >= 15 is 0 Å². The summed E-state index contributed by atoms with van der Waals surface area (Å²) in [7, 11) is 0. The number of piperazine rings is 1. The molecule has 0 bridgehead atoms. The van der Waals surface area contributed by atoms with Crippen LogP contribution in [0, 0.1) is 5.82 Å². The molecule has 168 valence electrons. The number of nitrogens with one attached hydrogen (secondary N) is 1. The smallest absolute Gasteiger partial charge is 0.227 e. The van der Waals surface area contributed by atoms with Crippen molar-refractivity contribution in [1.29, 1.82) is 0 Å². The third kappa shape index (κ3) is 5.07. The summed E-state index contributed by atoms with van der Waals surface area (Å²) in [6, 6.07) is 22.5. The van der Waals surface area contributed by atoms with Gasteiger partial charge in [-0.15, -0.1) is 0 Å². The van der Waals surface area contributed by atoms with Gasteiger partial charge in [-0.1, -0.05) is 54.1 Å². The lowest BCUT2D eigenvalue weighted by Gasteiger charge is -2.35. The molecular formula is C26H25ClFN5. The van der Waals surface area contributed by atoms with Crippen molar-refractivity contribution in [3.63, 3.8) is 0 Å². The van der Waals surface area contributed by atoms with Gasteiger partial charge in [0.2, 0.25) is 5.95 Å². The fraction of sp³-hybridized carbons (Fsp3) is 0.231. The first kappa shape index (κ1) is 21.6. The van der Waals surface area contributed by atoms with E-state index in [1.165, 1.54) is 12.1 Å². The molecule has 1 saturated heterocycles. The van der Waals surface area contributed by atoms with Gasteiger partial charge in [0.15, 0.2) is 0 Å². The van der Waals surface area contributed by atoms with Crippen LogP contribution in [0.1, 0.15) is 11.1 Å². The summed E-state index contributed by atoms with van der Waals surface area (Å²) < 4.78 is 13.2. The van der Waals surface area contributed by atoms with Gasteiger partial charge in [-0.2, -0.15) is 4.98 Å². The molecule has 1 aliphatic rings. The van der Waals surface area contributed by atoms with Crippen LogP contribution >= 0.6 is 11.6 Å². The predicted octanol–water partition coefficient (Wildman–Crippen LogP) is 5.36. The van der Waals surface area contributed by atoms with Crippen LogP contribution in [0.3, 0.4) is 0 Å². The van der Waals surface area contributed by atoms with E-state index in [9.17, 15) is 4.39 Å². The summed E-state index contributed by atoms with van der Waals surface area (Å²) in [6.45, 7) is 4.93. The fourth-order valence-electron chi connectivity index (χ4n) is 4.10. The molecule has 0 amide bonds. The van der Waals surface area contributed by atoms with E-state index in [4.69, 9.17) is 21.6 Å². The Labute approximate surface area is 197 Å². The second-order valence-corrected chi connectivity index (χ2v) is 8.63. The largest absolute Gasteiger partial charge is 0.365 e. The number of para-hydroxylation sites is 1. The van der Waals surface area contributed by atoms with Crippen molar-refractivity contribution in [1.82, 2.24) is 14.9 Å². The van der Waals surface area contributed by atoms with E-state index in [1.54, 1.807) is 12.1 Å². The molecule has 5 nitrogen and oxygen atoms in total. The Morgan fingerprint density at radius 2 is 1.58 bits per heavy atom. The molecule has 5 rings (SSSR count). The summed E-state index contributed by atoms with van der Waals surface area (Å²) in [5.74, 6) is 1.29. The van der Waals surface area contributed by atoms with Crippen LogP contribution in [0.2, 0.25) is 5.02 Å². The topological polar surface area (TPSA) is 44.3 Å². The molecule has 1 aliphatic heterocycles. The number of anilines is 2. The highest BCUT2D eigenvalue weighted by atomic mass is 35.5. The van der Waals surface area contributed by atoms with Crippen molar-refractivity contribution in [3.05, 3.63) is 94.8 Å². The Morgan fingerprint density at radius 3 is 2.36 bits per heavy atom. The van der Waals surface area contributed by atoms with Crippen molar-refractivity contribution >= 4 is 34.3 Å². The minimum atomic E-state index is -0.234. The molecule has 4 aromatic rings. The number of aromatic nitrogens is 2. The van der Waals surface area contributed by atoms with Crippen LogP contribution in [0.5, 0.6) is 0 Å². The Morgan fingerprint density at radius 1 is 0.848 bits per heavy atom. The van der Waals surface area contributed by atoms with E-state index in [0.717, 1.165) is 71.5 Å². The van der Waals surface area contributed by atoms with Gasteiger partial charge in [-0.3, -0.25) is 4.90 Å². The van der Waals surface area contributed by atoms with Gasteiger partial charge in [-0.05, 0) is 41.5 Å². The van der Waals surface area contributed by atoms with Gasteiger partial charge < -0.3 is 10.2 Å². The quantitative estimate of drug-likeness (QED) is 0.419. The molecule has 0 unspecified atom stereocenters. The maximum absolute atomic E-state index is 13.2. The average molecular weight is 462 g/mol. The predicted molar refractivity (Wildman–Crippen MR) is 132 cm³/mol. The maximum Gasteiger partial charge on any atom is 0.227 e. The second-order valence-electron chi connectivity index (χ2n) is 8.22. The summed E-state index contributed by atoms with van der Waals surface area (Å²) >= 11 is 6.34. The fourth-order valence-corrected chi connectivity index (χ4v) is 4.30. The Balaban J connectivity index is 1.31. The number of hydrogen-bond donors (Lipinski definition) is 1. The maximum atomic E-state index is 13.2. The molecule has 0 radical (unpaired) electrons. The molecule has 0 spiro atoms. The Kier molecular flexibility index (Phi) is 6.37. The first-order valence-electron chi connectivity index (χ1n) is 11.1. The molecule has 0 aliphatic carbocycles. The van der Waals surface area contributed by atoms with Crippen molar-refractivity contribution in [2.45, 2.75) is 13.1 Å². The zero-order chi connectivity index (χ0) is 22.6. The van der Waals surface area contributed by atoms with Crippen LogP contribution in [0.15, 0.2) is 72.8 Å². The molecule has 1 aromatic heterocycles. The summed E-state index contributed by atoms with van der Waals surface area (Å²) in [5, 5.41) is 5.21. The van der Waals surface area contributed by atoms with Gasteiger partial charge in [0.1, 0.15) is 11.6 Å². The van der Waals surface area contributed by atoms with E-state index in [1.807, 2.05) is 42.5 Å². The highest BCUT2D eigenvalue weighted by Crippen LogP contribution is 2.25. The standard InChI is InChI=1S/C26H25ClFN5/c27-23-7-3-1-5-20(23)18-32-13-15-33(16-14-32)26-30-24-8-4-2-6-22(24)25(31-26)29-17-19-9-11-21(28)12-10-19/h1-12H,13-18H2,(H,29,30,31). The van der Waals surface area contributed by atoms with E-state index in [2.05, 4.69) is 21.2 Å². The summed E-state index contributed by atoms with van der Waals surface area (Å²) in [6.07, 6.45) is 0. The van der Waals surface area contributed by atoms with Gasteiger partial charge in [-0.25, -0.2) is 9.37 Å². The normalized spacial score (nSPS) is 14.5. The van der Waals surface area contributed by atoms with Crippen molar-refractivity contribution in [2.24, 2.45) is 0 Å². The monoisotopic (exact) mass is 461 g/mol. The van der Waals surface area contributed by atoms with Gasteiger partial charge in [0.05, 0.1) is 5.52 Å². The lowest BCUT2D eigenvalue weighted by Crippen LogP contribution is -2.46. The van der Waals surface area contributed by atoms with Gasteiger partial charge >= 0.3 is 0 Å². The number of rotatable bonds is 6. The lowest BCUT2D eigenvalue weighted by molar-refractivity contribution is 0.249. The third-order valence-electron chi connectivity index (χ3n) is 5.97. The molecule has 2 heterocycles. The zero-order valence-electron chi connectivity index (χ0n) is 18.2. The van der Waals surface area contributed by atoms with E-state index < -0.39 is 0 Å². The number of nitrogens with zero attached hydrogens (tertiary/aromatic N) is 4. The number of hydrogen-bond acceptors (Lipinski definition) is 5. The first-order chi connectivity index (χ1) is 16.2. The van der Waals surface area contributed by atoms with E-state index in [0.29, 0.717) is 6.54 Å². The number of benzene rings is 3. The van der Waals surface area contributed by atoms with Crippen LogP contribution in [-0.2, 0) is 13.1 Å². The molecule has 0 saturated carbocycles. The minimum absolute atomic E-state index is 0.234. The summed E-state index contributed by atoms with van der Waals surface area (Å²) in [4.78, 5) is 14.3. The minimum Gasteiger partial charge on any atom is -0.365 e. The molecule has 33 heavy (non-hydrogen) atoms. The van der Waals surface area contributed by atoms with Gasteiger partial charge in [0.25, 0.3) is 0 Å². The Hall–Kier alpha value is -3.22. The highest BCUT2D eigenvalue weighted by molar-refractivity contribution is 6.31. The van der Waals surface area contributed by atoms with Gasteiger partial charge in [0, 0.05) is 49.7 Å². The molecule has 0 atom stereocenters. The SMILES string of the molecule is Fc1ccc(CNc2nc(N3CCN(Cc4ccccc4Cl)CC3)nc3ccccc23)cc1. The highest BCUT2D eigenvalue weighted by Gasteiger charge is 2.21. The first-order valence-corrected chi connectivity index (χ1v) is 11.5. The number of halogens is 2. The van der Waals surface area contributed by atoms with Crippen LogP contribution in [-0.4, -0.2) is 41.0 Å². The number of fused-ring (bicyclic) bond motifs is 1. The van der Waals surface area contributed by atoms with Crippen LogP contribution in [0.25, 0.3) is 10.9 Å². The molecule has 1 fully saturated rings.